The molecule has 126 valence electrons. The second kappa shape index (κ2) is 7.84. The van der Waals surface area contributed by atoms with E-state index in [1.807, 2.05) is 12.1 Å². The SMILES string of the molecule is CC(Sc1ccccc1C(=O)N1CCOC(C(C)C)C1)C(=O)O. The number of carbonyl (C=O) groups is 2. The van der Waals surface area contributed by atoms with Gasteiger partial charge in [-0.3, -0.25) is 9.59 Å². The van der Waals surface area contributed by atoms with Crippen LogP contribution in [0.5, 0.6) is 0 Å². The molecule has 1 aromatic carbocycles. The van der Waals surface area contributed by atoms with E-state index in [-0.39, 0.29) is 12.0 Å². The van der Waals surface area contributed by atoms with Gasteiger partial charge in [0.25, 0.3) is 5.91 Å². The second-order valence-electron chi connectivity index (χ2n) is 6.00. The van der Waals surface area contributed by atoms with Crippen molar-refractivity contribution in [1.82, 2.24) is 4.90 Å². The third-order valence-corrected chi connectivity index (χ3v) is 5.06. The first-order valence-electron chi connectivity index (χ1n) is 7.79. The van der Waals surface area contributed by atoms with E-state index in [0.29, 0.717) is 36.1 Å². The summed E-state index contributed by atoms with van der Waals surface area (Å²) in [6.07, 6.45) is 0.0467. The van der Waals surface area contributed by atoms with E-state index in [4.69, 9.17) is 9.84 Å². The van der Waals surface area contributed by atoms with Gasteiger partial charge in [0.15, 0.2) is 0 Å². The molecular formula is C17H23NO4S. The Labute approximate surface area is 141 Å². The Morgan fingerprint density at radius 3 is 2.65 bits per heavy atom. The van der Waals surface area contributed by atoms with Gasteiger partial charge in [-0.25, -0.2) is 0 Å². The molecule has 1 N–H and O–H groups in total. The van der Waals surface area contributed by atoms with Crippen LogP contribution < -0.4 is 0 Å². The molecule has 1 heterocycles. The Morgan fingerprint density at radius 1 is 1.30 bits per heavy atom. The van der Waals surface area contributed by atoms with Gasteiger partial charge in [0, 0.05) is 18.0 Å². The third kappa shape index (κ3) is 4.48. The summed E-state index contributed by atoms with van der Waals surface area (Å²) in [6, 6.07) is 7.20. The molecule has 2 atom stereocenters. The number of amides is 1. The van der Waals surface area contributed by atoms with Gasteiger partial charge in [0.1, 0.15) is 5.25 Å². The monoisotopic (exact) mass is 337 g/mol. The molecule has 0 spiro atoms. The predicted molar refractivity (Wildman–Crippen MR) is 89.9 cm³/mol. The van der Waals surface area contributed by atoms with Crippen molar-refractivity contribution in [3.8, 4) is 0 Å². The summed E-state index contributed by atoms with van der Waals surface area (Å²) < 4.78 is 5.71. The van der Waals surface area contributed by atoms with E-state index in [1.54, 1.807) is 24.0 Å². The van der Waals surface area contributed by atoms with Gasteiger partial charge >= 0.3 is 5.97 Å². The molecule has 2 rings (SSSR count). The number of carbonyl (C=O) groups excluding carboxylic acids is 1. The first-order valence-corrected chi connectivity index (χ1v) is 8.67. The standard InChI is InChI=1S/C17H23NO4S/c1-11(2)14-10-18(8-9-22-14)16(19)13-6-4-5-7-15(13)23-12(3)17(20)21/h4-7,11-12,14H,8-10H2,1-3H3,(H,20,21). The Bertz CT molecular complexity index is 575. The molecule has 1 fully saturated rings. The highest BCUT2D eigenvalue weighted by Gasteiger charge is 2.28. The number of carboxylic acid groups (broad SMARTS) is 1. The molecule has 23 heavy (non-hydrogen) atoms. The average molecular weight is 337 g/mol. The van der Waals surface area contributed by atoms with Gasteiger partial charge in [-0.05, 0) is 25.0 Å². The molecule has 0 bridgehead atoms. The van der Waals surface area contributed by atoms with Crippen molar-refractivity contribution in [2.24, 2.45) is 5.92 Å². The molecule has 2 unspecified atom stereocenters. The van der Waals surface area contributed by atoms with Gasteiger partial charge in [0.05, 0.1) is 18.3 Å². The number of ether oxygens (including phenoxy) is 1. The van der Waals surface area contributed by atoms with Crippen LogP contribution in [0.1, 0.15) is 31.1 Å². The van der Waals surface area contributed by atoms with Gasteiger partial charge in [-0.15, -0.1) is 11.8 Å². The van der Waals surface area contributed by atoms with E-state index >= 15 is 0 Å². The average Bonchev–Trinajstić information content (AvgIpc) is 2.54. The number of hydrogen-bond donors (Lipinski definition) is 1. The molecule has 0 aliphatic carbocycles. The van der Waals surface area contributed by atoms with Crippen LogP contribution in [0.3, 0.4) is 0 Å². The van der Waals surface area contributed by atoms with Crippen molar-refractivity contribution >= 4 is 23.6 Å². The number of rotatable bonds is 5. The molecule has 1 aliphatic rings. The van der Waals surface area contributed by atoms with Crippen molar-refractivity contribution in [1.29, 1.82) is 0 Å². The lowest BCUT2D eigenvalue weighted by Crippen LogP contribution is -2.47. The number of hydrogen-bond acceptors (Lipinski definition) is 4. The molecular weight excluding hydrogens is 314 g/mol. The molecule has 1 aliphatic heterocycles. The quantitative estimate of drug-likeness (QED) is 0.837. The van der Waals surface area contributed by atoms with Crippen LogP contribution in [-0.4, -0.2) is 52.9 Å². The Kier molecular flexibility index (Phi) is 6.07. The summed E-state index contributed by atoms with van der Waals surface area (Å²) in [5.41, 5.74) is 0.565. The van der Waals surface area contributed by atoms with Gasteiger partial charge < -0.3 is 14.7 Å². The maximum absolute atomic E-state index is 12.8. The molecule has 6 heteroatoms. The number of nitrogens with zero attached hydrogens (tertiary/aromatic N) is 1. The lowest BCUT2D eigenvalue weighted by molar-refractivity contribution is -0.136. The Balaban J connectivity index is 2.17. The largest absolute Gasteiger partial charge is 0.480 e. The maximum atomic E-state index is 12.8. The fourth-order valence-electron chi connectivity index (χ4n) is 2.42. The fourth-order valence-corrected chi connectivity index (χ4v) is 3.34. The van der Waals surface area contributed by atoms with E-state index in [1.165, 1.54) is 11.8 Å². The molecule has 1 amide bonds. The van der Waals surface area contributed by atoms with E-state index in [9.17, 15) is 9.59 Å². The smallest absolute Gasteiger partial charge is 0.316 e. The van der Waals surface area contributed by atoms with Crippen molar-refractivity contribution in [3.05, 3.63) is 29.8 Å². The topological polar surface area (TPSA) is 66.8 Å². The summed E-state index contributed by atoms with van der Waals surface area (Å²) in [6.45, 7) is 7.46. The number of benzene rings is 1. The van der Waals surface area contributed by atoms with Crippen LogP contribution in [0.15, 0.2) is 29.2 Å². The van der Waals surface area contributed by atoms with E-state index in [2.05, 4.69) is 13.8 Å². The normalized spacial score (nSPS) is 19.7. The second-order valence-corrected chi connectivity index (χ2v) is 7.38. The minimum Gasteiger partial charge on any atom is -0.480 e. The predicted octanol–water partition coefficient (Wildman–Crippen LogP) is 2.75. The first kappa shape index (κ1) is 17.8. The number of morpholine rings is 1. The zero-order valence-corrected chi connectivity index (χ0v) is 14.5. The molecule has 5 nitrogen and oxygen atoms in total. The highest BCUT2D eigenvalue weighted by Crippen LogP contribution is 2.28. The van der Waals surface area contributed by atoms with E-state index in [0.717, 1.165) is 0 Å². The lowest BCUT2D eigenvalue weighted by atomic mass is 10.0. The fraction of sp³-hybridized carbons (Fsp3) is 0.529. The number of aliphatic carboxylic acids is 1. The molecule has 1 aromatic rings. The highest BCUT2D eigenvalue weighted by atomic mass is 32.2. The van der Waals surface area contributed by atoms with Gasteiger partial charge in [-0.1, -0.05) is 26.0 Å². The summed E-state index contributed by atoms with van der Waals surface area (Å²) in [4.78, 5) is 26.4. The van der Waals surface area contributed by atoms with Crippen LogP contribution in [-0.2, 0) is 9.53 Å². The Hall–Kier alpha value is -1.53. The summed E-state index contributed by atoms with van der Waals surface area (Å²) >= 11 is 1.20. The zero-order chi connectivity index (χ0) is 17.0. The van der Waals surface area contributed by atoms with E-state index < -0.39 is 11.2 Å². The summed E-state index contributed by atoms with van der Waals surface area (Å²) in [5.74, 6) is -0.592. The third-order valence-electron chi connectivity index (χ3n) is 3.89. The Morgan fingerprint density at radius 2 is 2.00 bits per heavy atom. The molecule has 1 saturated heterocycles. The minimum absolute atomic E-state index is 0.0467. The number of carboxylic acids is 1. The van der Waals surface area contributed by atoms with Crippen LogP contribution in [0, 0.1) is 5.92 Å². The van der Waals surface area contributed by atoms with Gasteiger partial charge in [0.2, 0.25) is 0 Å². The lowest BCUT2D eigenvalue weighted by Gasteiger charge is -2.35. The zero-order valence-electron chi connectivity index (χ0n) is 13.7. The number of thioether (sulfide) groups is 1. The minimum atomic E-state index is -0.886. The van der Waals surface area contributed by atoms with Crippen molar-refractivity contribution in [2.75, 3.05) is 19.7 Å². The summed E-state index contributed by atoms with van der Waals surface area (Å²) in [5, 5.41) is 8.48. The van der Waals surface area contributed by atoms with Crippen LogP contribution in [0.4, 0.5) is 0 Å². The van der Waals surface area contributed by atoms with Crippen molar-refractivity contribution < 1.29 is 19.4 Å². The van der Waals surface area contributed by atoms with Crippen molar-refractivity contribution in [2.45, 2.75) is 37.0 Å². The van der Waals surface area contributed by atoms with Gasteiger partial charge in [-0.2, -0.15) is 0 Å². The molecule has 0 saturated carbocycles. The highest BCUT2D eigenvalue weighted by molar-refractivity contribution is 8.00. The maximum Gasteiger partial charge on any atom is 0.316 e. The molecule has 0 aromatic heterocycles. The van der Waals surface area contributed by atoms with Crippen LogP contribution in [0.2, 0.25) is 0 Å². The van der Waals surface area contributed by atoms with Crippen LogP contribution >= 0.6 is 11.8 Å². The van der Waals surface area contributed by atoms with Crippen LogP contribution in [0.25, 0.3) is 0 Å². The molecule has 0 radical (unpaired) electrons. The van der Waals surface area contributed by atoms with Crippen molar-refractivity contribution in [3.63, 3.8) is 0 Å². The first-order chi connectivity index (χ1) is 10.9. The summed E-state index contributed by atoms with van der Waals surface area (Å²) in [7, 11) is 0.